The van der Waals surface area contributed by atoms with Gasteiger partial charge in [-0.25, -0.2) is 4.79 Å². The first-order chi connectivity index (χ1) is 6.61. The maximum Gasteiger partial charge on any atom is 0.407 e. The van der Waals surface area contributed by atoms with Crippen molar-refractivity contribution in [2.24, 2.45) is 11.7 Å². The van der Waals surface area contributed by atoms with Crippen LogP contribution in [0.25, 0.3) is 0 Å². The molecule has 1 amide bonds. The zero-order chi connectivity index (χ0) is 10.6. The zero-order valence-corrected chi connectivity index (χ0v) is 8.78. The number of hydrogen-bond donors (Lipinski definition) is 2. The zero-order valence-electron chi connectivity index (χ0n) is 8.78. The van der Waals surface area contributed by atoms with E-state index in [1.807, 2.05) is 6.92 Å². The van der Waals surface area contributed by atoms with E-state index in [9.17, 15) is 4.79 Å². The van der Waals surface area contributed by atoms with Crippen LogP contribution in [0.2, 0.25) is 0 Å². The molecule has 0 saturated carbocycles. The van der Waals surface area contributed by atoms with Crippen LogP contribution < -0.4 is 5.73 Å². The van der Waals surface area contributed by atoms with E-state index in [2.05, 4.69) is 0 Å². The second-order valence-electron chi connectivity index (χ2n) is 4.17. The summed E-state index contributed by atoms with van der Waals surface area (Å²) in [7, 11) is 0. The Morgan fingerprint density at radius 3 is 2.29 bits per heavy atom. The van der Waals surface area contributed by atoms with Crippen LogP contribution in [0.5, 0.6) is 0 Å². The molecule has 14 heavy (non-hydrogen) atoms. The topological polar surface area (TPSA) is 66.6 Å². The molecule has 0 radical (unpaired) electrons. The third kappa shape index (κ3) is 3.18. The Morgan fingerprint density at radius 2 is 1.93 bits per heavy atom. The number of likely N-dealkylation sites (tertiary alicyclic amines) is 1. The normalized spacial score (nSPS) is 22.6. The molecule has 0 aromatic carbocycles. The van der Waals surface area contributed by atoms with Gasteiger partial charge in [-0.3, -0.25) is 0 Å². The van der Waals surface area contributed by atoms with Crippen molar-refractivity contribution in [1.29, 1.82) is 0 Å². The van der Waals surface area contributed by atoms with Gasteiger partial charge in [-0.05, 0) is 38.5 Å². The molecule has 1 aliphatic heterocycles. The molecule has 0 aromatic heterocycles. The van der Waals surface area contributed by atoms with Crippen LogP contribution >= 0.6 is 0 Å². The van der Waals surface area contributed by atoms with E-state index in [0.717, 1.165) is 25.7 Å². The lowest BCUT2D eigenvalue weighted by atomic mass is 9.90. The SMILES string of the molecule is CC(N)C1CCCN(C(=O)O)CCC1. The van der Waals surface area contributed by atoms with Crippen LogP contribution in [0, 0.1) is 5.92 Å². The van der Waals surface area contributed by atoms with Crippen molar-refractivity contribution >= 4 is 6.09 Å². The van der Waals surface area contributed by atoms with Crippen LogP contribution in [0.4, 0.5) is 4.79 Å². The molecule has 1 saturated heterocycles. The van der Waals surface area contributed by atoms with Crippen LogP contribution in [0.15, 0.2) is 0 Å². The quantitative estimate of drug-likeness (QED) is 0.674. The highest BCUT2D eigenvalue weighted by Gasteiger charge is 2.19. The van der Waals surface area contributed by atoms with E-state index >= 15 is 0 Å². The fourth-order valence-electron chi connectivity index (χ4n) is 2.06. The van der Waals surface area contributed by atoms with Crippen molar-refractivity contribution in [3.05, 3.63) is 0 Å². The van der Waals surface area contributed by atoms with Gasteiger partial charge >= 0.3 is 6.09 Å². The minimum atomic E-state index is -0.788. The third-order valence-corrected chi connectivity index (χ3v) is 3.02. The molecule has 0 bridgehead atoms. The summed E-state index contributed by atoms with van der Waals surface area (Å²) in [4.78, 5) is 12.2. The van der Waals surface area contributed by atoms with Gasteiger partial charge < -0.3 is 15.7 Å². The maximum atomic E-state index is 10.7. The Balaban J connectivity index is 2.39. The maximum absolute atomic E-state index is 10.7. The molecular formula is C10H20N2O2. The molecular weight excluding hydrogens is 180 g/mol. The van der Waals surface area contributed by atoms with Gasteiger partial charge in [-0.1, -0.05) is 0 Å². The number of carbonyl (C=O) groups is 1. The summed E-state index contributed by atoms with van der Waals surface area (Å²) in [5.41, 5.74) is 5.85. The van der Waals surface area contributed by atoms with Gasteiger partial charge in [-0.15, -0.1) is 0 Å². The van der Waals surface area contributed by atoms with Crippen LogP contribution in [0.1, 0.15) is 32.6 Å². The minimum absolute atomic E-state index is 0.242. The largest absolute Gasteiger partial charge is 0.465 e. The highest BCUT2D eigenvalue weighted by Crippen LogP contribution is 2.20. The molecule has 1 heterocycles. The average Bonchev–Trinajstić information content (AvgIpc) is 2.01. The van der Waals surface area contributed by atoms with Crippen molar-refractivity contribution < 1.29 is 9.90 Å². The van der Waals surface area contributed by atoms with Crippen molar-refractivity contribution in [1.82, 2.24) is 4.90 Å². The van der Waals surface area contributed by atoms with Gasteiger partial charge in [0, 0.05) is 19.1 Å². The first-order valence-electron chi connectivity index (χ1n) is 5.34. The summed E-state index contributed by atoms with van der Waals surface area (Å²) in [5.74, 6) is 0.575. The Labute approximate surface area is 85.1 Å². The van der Waals surface area contributed by atoms with E-state index in [-0.39, 0.29) is 6.04 Å². The first kappa shape index (κ1) is 11.3. The van der Waals surface area contributed by atoms with Crippen molar-refractivity contribution in [2.45, 2.75) is 38.6 Å². The van der Waals surface area contributed by atoms with Crippen LogP contribution in [-0.2, 0) is 0 Å². The fourth-order valence-corrected chi connectivity index (χ4v) is 2.06. The molecule has 1 atom stereocenters. The van der Waals surface area contributed by atoms with E-state index in [1.54, 1.807) is 0 Å². The van der Waals surface area contributed by atoms with E-state index < -0.39 is 6.09 Å². The minimum Gasteiger partial charge on any atom is -0.465 e. The third-order valence-electron chi connectivity index (χ3n) is 3.02. The number of carboxylic acid groups (broad SMARTS) is 1. The van der Waals surface area contributed by atoms with E-state index in [0.29, 0.717) is 19.0 Å². The molecule has 1 fully saturated rings. The monoisotopic (exact) mass is 200 g/mol. The summed E-state index contributed by atoms with van der Waals surface area (Å²) in [6.45, 7) is 3.37. The predicted octanol–water partition coefficient (Wildman–Crippen LogP) is 1.50. The van der Waals surface area contributed by atoms with Crippen LogP contribution in [-0.4, -0.2) is 35.2 Å². The average molecular weight is 200 g/mol. The number of rotatable bonds is 1. The second-order valence-corrected chi connectivity index (χ2v) is 4.17. The fraction of sp³-hybridized carbons (Fsp3) is 0.900. The molecule has 4 heteroatoms. The van der Waals surface area contributed by atoms with Gasteiger partial charge in [0.05, 0.1) is 0 Å². The lowest BCUT2D eigenvalue weighted by molar-refractivity contribution is 0.136. The number of hydrogen-bond acceptors (Lipinski definition) is 2. The van der Waals surface area contributed by atoms with Crippen molar-refractivity contribution in [2.75, 3.05) is 13.1 Å². The summed E-state index contributed by atoms with van der Waals surface area (Å²) in [6.07, 6.45) is 3.21. The second kappa shape index (κ2) is 5.20. The molecule has 0 aliphatic carbocycles. The Hall–Kier alpha value is -0.770. The molecule has 1 unspecified atom stereocenters. The smallest absolute Gasteiger partial charge is 0.407 e. The molecule has 82 valence electrons. The molecule has 0 spiro atoms. The van der Waals surface area contributed by atoms with Gasteiger partial charge in [0.25, 0.3) is 0 Å². The van der Waals surface area contributed by atoms with E-state index in [1.165, 1.54) is 4.90 Å². The lowest BCUT2D eigenvalue weighted by Crippen LogP contribution is -2.36. The Bertz CT molecular complexity index is 185. The number of amides is 1. The summed E-state index contributed by atoms with van der Waals surface area (Å²) >= 11 is 0. The highest BCUT2D eigenvalue weighted by molar-refractivity contribution is 5.64. The predicted molar refractivity (Wildman–Crippen MR) is 55.2 cm³/mol. The first-order valence-corrected chi connectivity index (χ1v) is 5.34. The number of nitrogens with two attached hydrogens (primary N) is 1. The Kier molecular flexibility index (Phi) is 4.20. The Morgan fingerprint density at radius 1 is 1.43 bits per heavy atom. The van der Waals surface area contributed by atoms with Crippen LogP contribution in [0.3, 0.4) is 0 Å². The van der Waals surface area contributed by atoms with Gasteiger partial charge in [-0.2, -0.15) is 0 Å². The number of nitrogens with zero attached hydrogens (tertiary/aromatic N) is 1. The lowest BCUT2D eigenvalue weighted by Gasteiger charge is -2.27. The summed E-state index contributed by atoms with van der Waals surface area (Å²) in [6, 6.07) is 0.242. The molecule has 1 aliphatic rings. The van der Waals surface area contributed by atoms with Crippen molar-refractivity contribution in [3.8, 4) is 0 Å². The van der Waals surface area contributed by atoms with Gasteiger partial charge in [0.2, 0.25) is 0 Å². The van der Waals surface area contributed by atoms with E-state index in [4.69, 9.17) is 10.8 Å². The summed E-state index contributed by atoms with van der Waals surface area (Å²) < 4.78 is 0. The van der Waals surface area contributed by atoms with Crippen molar-refractivity contribution in [3.63, 3.8) is 0 Å². The van der Waals surface area contributed by atoms with Gasteiger partial charge in [0.1, 0.15) is 0 Å². The highest BCUT2D eigenvalue weighted by atomic mass is 16.4. The van der Waals surface area contributed by atoms with Gasteiger partial charge in [0.15, 0.2) is 0 Å². The standard InChI is InChI=1S/C10H20N2O2/c1-8(11)9-4-2-6-12(10(13)14)7-3-5-9/h8-9H,2-7,11H2,1H3,(H,13,14). The molecule has 4 nitrogen and oxygen atoms in total. The molecule has 0 aromatic rings. The molecule has 3 N–H and O–H groups in total. The molecule has 1 rings (SSSR count). The summed E-state index contributed by atoms with van der Waals surface area (Å²) in [5, 5.41) is 8.83.